The predicted octanol–water partition coefficient (Wildman–Crippen LogP) is 7.38. The number of carbonyl (C=O) groups is 1. The van der Waals surface area contributed by atoms with Gasteiger partial charge in [0.1, 0.15) is 0 Å². The average molecular weight is 403 g/mol. The van der Waals surface area contributed by atoms with Crippen molar-refractivity contribution in [2.24, 2.45) is 0 Å². The van der Waals surface area contributed by atoms with Crippen LogP contribution in [0.5, 0.6) is 0 Å². The first-order valence-corrected chi connectivity index (χ1v) is 11.0. The molecule has 5 rings (SSSR count). The highest BCUT2D eigenvalue weighted by Crippen LogP contribution is 2.42. The van der Waals surface area contributed by atoms with Gasteiger partial charge < -0.3 is 0 Å². The molecule has 0 bridgehead atoms. The van der Waals surface area contributed by atoms with Gasteiger partial charge in [0.15, 0.2) is 5.78 Å². The second-order valence-corrected chi connectivity index (χ2v) is 8.57. The van der Waals surface area contributed by atoms with E-state index >= 15 is 0 Å². The van der Waals surface area contributed by atoms with E-state index in [1.165, 1.54) is 38.8 Å². The van der Waals surface area contributed by atoms with E-state index in [9.17, 15) is 4.79 Å². The van der Waals surface area contributed by atoms with E-state index in [1.807, 2.05) is 12.1 Å². The number of Topliss-reactive ketones (excluding diaryl/α,β-unsaturated/α-hetero) is 1. The molecular weight excluding hydrogens is 376 g/mol. The highest BCUT2D eigenvalue weighted by molar-refractivity contribution is 6.08. The Morgan fingerprint density at radius 2 is 1.58 bits per heavy atom. The lowest BCUT2D eigenvalue weighted by Gasteiger charge is -2.19. The minimum absolute atomic E-state index is 0.121. The number of aryl methyl sites for hydroxylation is 2. The fraction of sp³-hybridized carbons (Fsp3) is 0.167. The van der Waals surface area contributed by atoms with Gasteiger partial charge in [0.25, 0.3) is 0 Å². The van der Waals surface area contributed by atoms with Gasteiger partial charge >= 0.3 is 0 Å². The molecule has 31 heavy (non-hydrogen) atoms. The maximum absolute atomic E-state index is 12.4. The van der Waals surface area contributed by atoms with Crippen molar-refractivity contribution in [2.45, 2.75) is 32.6 Å². The number of allylic oxidation sites excluding steroid dienone is 1. The predicted molar refractivity (Wildman–Crippen MR) is 130 cm³/mol. The Morgan fingerprint density at radius 3 is 2.39 bits per heavy atom. The normalized spacial score (nSPS) is 15.0. The van der Waals surface area contributed by atoms with E-state index in [4.69, 9.17) is 0 Å². The molecule has 0 aliphatic heterocycles. The molecule has 0 heterocycles. The van der Waals surface area contributed by atoms with Crippen molar-refractivity contribution in [1.29, 1.82) is 0 Å². The Hall–Kier alpha value is -3.45. The molecule has 4 aromatic rings. The smallest absolute Gasteiger partial charge is 0.160 e. The van der Waals surface area contributed by atoms with Gasteiger partial charge in [-0.2, -0.15) is 0 Å². The topological polar surface area (TPSA) is 17.1 Å². The van der Waals surface area contributed by atoms with Crippen molar-refractivity contribution < 1.29 is 4.79 Å². The zero-order valence-electron chi connectivity index (χ0n) is 18.1. The summed E-state index contributed by atoms with van der Waals surface area (Å²) in [6, 6.07) is 30.0. The monoisotopic (exact) mass is 402 g/mol. The van der Waals surface area contributed by atoms with Crippen LogP contribution in [-0.4, -0.2) is 5.78 Å². The van der Waals surface area contributed by atoms with Gasteiger partial charge in [0, 0.05) is 11.5 Å². The van der Waals surface area contributed by atoms with Gasteiger partial charge in [-0.25, -0.2) is 0 Å². The molecule has 1 unspecified atom stereocenters. The summed E-state index contributed by atoms with van der Waals surface area (Å²) in [5, 5.41) is 2.27. The van der Waals surface area contributed by atoms with Crippen molar-refractivity contribution in [3.05, 3.63) is 124 Å². The third-order valence-corrected chi connectivity index (χ3v) is 6.49. The zero-order valence-corrected chi connectivity index (χ0v) is 18.1. The summed E-state index contributed by atoms with van der Waals surface area (Å²) >= 11 is 0. The van der Waals surface area contributed by atoms with Crippen LogP contribution in [0.1, 0.15) is 57.9 Å². The van der Waals surface area contributed by atoms with E-state index in [0.29, 0.717) is 0 Å². The average Bonchev–Trinajstić information content (AvgIpc) is 3.13. The molecule has 152 valence electrons. The summed E-state index contributed by atoms with van der Waals surface area (Å²) in [6.07, 6.45) is 4.23. The summed E-state index contributed by atoms with van der Waals surface area (Å²) < 4.78 is 0. The highest BCUT2D eigenvalue weighted by atomic mass is 16.1. The first-order valence-electron chi connectivity index (χ1n) is 11.0. The van der Waals surface area contributed by atoms with Crippen LogP contribution in [0, 0.1) is 0 Å². The van der Waals surface area contributed by atoms with Crippen molar-refractivity contribution in [1.82, 2.24) is 0 Å². The summed E-state index contributed by atoms with van der Waals surface area (Å²) in [4.78, 5) is 12.4. The molecule has 0 fully saturated rings. The maximum Gasteiger partial charge on any atom is 0.160 e. The van der Waals surface area contributed by atoms with Gasteiger partial charge in [-0.15, -0.1) is 0 Å². The molecule has 1 aliphatic rings. The molecule has 0 radical (unpaired) electrons. The van der Waals surface area contributed by atoms with Crippen molar-refractivity contribution in [3.63, 3.8) is 0 Å². The quantitative estimate of drug-likeness (QED) is 0.318. The number of ketones is 1. The zero-order chi connectivity index (χ0) is 21.4. The molecule has 0 amide bonds. The van der Waals surface area contributed by atoms with Gasteiger partial charge in [0.2, 0.25) is 0 Å². The van der Waals surface area contributed by atoms with Crippen LogP contribution in [0.15, 0.2) is 90.5 Å². The molecule has 0 saturated carbocycles. The molecule has 4 aromatic carbocycles. The summed E-state index contributed by atoms with van der Waals surface area (Å²) in [6.45, 7) is 3.89. The van der Waals surface area contributed by atoms with Crippen LogP contribution >= 0.6 is 0 Å². The first kappa shape index (κ1) is 19.5. The standard InChI is InChI=1S/C30H26O/c1-20-17-23-11-6-7-12-28(23)30(20)25-18-24(16-15-22-9-4-3-5-10-22)27-14-8-13-26(21(2)31)29(27)19-25/h3-14,17-19,30H,15-16H2,1-2H3. The van der Waals surface area contributed by atoms with Gasteiger partial charge in [-0.1, -0.05) is 90.5 Å². The summed E-state index contributed by atoms with van der Waals surface area (Å²) in [7, 11) is 0. The van der Waals surface area contributed by atoms with Crippen LogP contribution in [0.3, 0.4) is 0 Å². The minimum atomic E-state index is 0.121. The van der Waals surface area contributed by atoms with Crippen molar-refractivity contribution >= 4 is 22.6 Å². The second kappa shape index (κ2) is 8.00. The number of carbonyl (C=O) groups excluding carboxylic acids is 1. The SMILES string of the molecule is CC(=O)c1cccc2c(CCc3ccccc3)cc(C3C(C)=Cc4ccccc43)cc12. The molecule has 1 heteroatoms. The lowest BCUT2D eigenvalue weighted by molar-refractivity contribution is 0.101. The Kier molecular flexibility index (Phi) is 5.03. The van der Waals surface area contributed by atoms with Gasteiger partial charge in [-0.3, -0.25) is 4.79 Å². The second-order valence-electron chi connectivity index (χ2n) is 8.57. The lowest BCUT2D eigenvalue weighted by atomic mass is 9.84. The number of hydrogen-bond acceptors (Lipinski definition) is 1. The minimum Gasteiger partial charge on any atom is -0.294 e. The molecule has 1 aliphatic carbocycles. The van der Waals surface area contributed by atoms with Crippen LogP contribution in [0.4, 0.5) is 0 Å². The van der Waals surface area contributed by atoms with Crippen LogP contribution in [0.2, 0.25) is 0 Å². The molecule has 1 nitrogen and oxygen atoms in total. The summed E-state index contributed by atoms with van der Waals surface area (Å²) in [5.74, 6) is 0.368. The number of rotatable bonds is 5. The Labute approximate surface area is 184 Å². The fourth-order valence-electron chi connectivity index (χ4n) is 5.01. The van der Waals surface area contributed by atoms with E-state index in [-0.39, 0.29) is 11.7 Å². The maximum atomic E-state index is 12.4. The Balaban J connectivity index is 1.66. The van der Waals surface area contributed by atoms with E-state index in [2.05, 4.69) is 85.8 Å². The molecule has 1 atom stereocenters. The lowest BCUT2D eigenvalue weighted by Crippen LogP contribution is -2.04. The van der Waals surface area contributed by atoms with Crippen LogP contribution < -0.4 is 0 Å². The van der Waals surface area contributed by atoms with Gasteiger partial charge in [0.05, 0.1) is 0 Å². The van der Waals surface area contributed by atoms with Crippen molar-refractivity contribution in [2.75, 3.05) is 0 Å². The molecular formula is C30H26O. The summed E-state index contributed by atoms with van der Waals surface area (Å²) in [5.41, 5.74) is 8.76. The van der Waals surface area contributed by atoms with Crippen LogP contribution in [-0.2, 0) is 12.8 Å². The van der Waals surface area contributed by atoms with E-state index < -0.39 is 0 Å². The van der Waals surface area contributed by atoms with Crippen LogP contribution in [0.25, 0.3) is 16.8 Å². The van der Waals surface area contributed by atoms with E-state index in [1.54, 1.807) is 6.92 Å². The highest BCUT2D eigenvalue weighted by Gasteiger charge is 2.25. The largest absolute Gasteiger partial charge is 0.294 e. The first-order chi connectivity index (χ1) is 15.1. The Bertz CT molecular complexity index is 1310. The number of fused-ring (bicyclic) bond motifs is 2. The Morgan fingerprint density at radius 1 is 0.806 bits per heavy atom. The van der Waals surface area contributed by atoms with Crippen molar-refractivity contribution in [3.8, 4) is 0 Å². The number of hydrogen-bond donors (Lipinski definition) is 0. The van der Waals surface area contributed by atoms with Gasteiger partial charge in [-0.05, 0) is 71.3 Å². The van der Waals surface area contributed by atoms with E-state index in [0.717, 1.165) is 23.8 Å². The molecule has 0 saturated heterocycles. The molecule has 0 N–H and O–H groups in total. The molecule has 0 aromatic heterocycles. The third-order valence-electron chi connectivity index (χ3n) is 6.49. The third kappa shape index (κ3) is 3.61. The molecule has 0 spiro atoms. The fourth-order valence-corrected chi connectivity index (χ4v) is 5.01. The number of benzene rings is 4.